The molecule has 3 aromatic carbocycles. The number of para-hydroxylation sites is 1. The Morgan fingerprint density at radius 1 is 0.774 bits per heavy atom. The van der Waals surface area contributed by atoms with E-state index in [2.05, 4.69) is 26.7 Å². The van der Waals surface area contributed by atoms with Crippen LogP contribution in [0.2, 0.25) is 0 Å². The van der Waals surface area contributed by atoms with Crippen molar-refractivity contribution in [3.63, 3.8) is 0 Å². The Hall–Kier alpha value is -3.52. The van der Waals surface area contributed by atoms with Crippen LogP contribution in [-0.4, -0.2) is 45.7 Å². The molecule has 8 heteroatoms. The maximum atomic E-state index is 12.6. The molecule has 1 saturated heterocycles. The minimum atomic E-state index is -3.88. The number of nitrogens with one attached hydrogen (secondary N) is 1. The molecule has 31 heavy (non-hydrogen) atoms. The van der Waals surface area contributed by atoms with Crippen molar-refractivity contribution in [2.75, 3.05) is 40.7 Å². The summed E-state index contributed by atoms with van der Waals surface area (Å²) in [6.07, 6.45) is 0. The van der Waals surface area contributed by atoms with E-state index in [-0.39, 0.29) is 16.1 Å². The average molecular weight is 438 g/mol. The molecular weight excluding hydrogens is 414 g/mol. The summed E-state index contributed by atoms with van der Waals surface area (Å²) in [4.78, 5) is 16.3. The molecule has 0 unspecified atom stereocenters. The van der Waals surface area contributed by atoms with E-state index in [4.69, 9.17) is 0 Å². The van der Waals surface area contributed by atoms with Gasteiger partial charge >= 0.3 is 5.97 Å². The van der Waals surface area contributed by atoms with Gasteiger partial charge in [0.25, 0.3) is 10.0 Å². The van der Waals surface area contributed by atoms with Gasteiger partial charge in [-0.15, -0.1) is 0 Å². The molecule has 1 aliphatic heterocycles. The molecule has 7 nitrogen and oxygen atoms in total. The van der Waals surface area contributed by atoms with Crippen LogP contribution in [0.4, 0.5) is 17.1 Å². The number of anilines is 3. The predicted octanol–water partition coefficient (Wildman–Crippen LogP) is 3.51. The Morgan fingerprint density at radius 3 is 1.90 bits per heavy atom. The van der Waals surface area contributed by atoms with E-state index in [1.165, 1.54) is 30.0 Å². The van der Waals surface area contributed by atoms with Gasteiger partial charge in [0.1, 0.15) is 0 Å². The SMILES string of the molecule is O=C(O)c1cc(N2CCN(c3ccccc3)CC2)ccc1NS(=O)(=O)c1ccccc1. The first kappa shape index (κ1) is 20.7. The molecule has 2 N–H and O–H groups in total. The fourth-order valence-corrected chi connectivity index (χ4v) is 4.76. The lowest BCUT2D eigenvalue weighted by atomic mass is 10.1. The minimum absolute atomic E-state index is 0.0445. The minimum Gasteiger partial charge on any atom is -0.478 e. The summed E-state index contributed by atoms with van der Waals surface area (Å²) in [6.45, 7) is 3.11. The number of hydrogen-bond acceptors (Lipinski definition) is 5. The number of carbonyl (C=O) groups is 1. The molecule has 160 valence electrons. The highest BCUT2D eigenvalue weighted by atomic mass is 32.2. The van der Waals surface area contributed by atoms with Crippen molar-refractivity contribution >= 4 is 33.1 Å². The van der Waals surface area contributed by atoms with Crippen LogP contribution in [0.15, 0.2) is 83.8 Å². The first-order chi connectivity index (χ1) is 14.9. The molecule has 0 atom stereocenters. The topological polar surface area (TPSA) is 89.9 Å². The van der Waals surface area contributed by atoms with Crippen LogP contribution in [0.25, 0.3) is 0 Å². The van der Waals surface area contributed by atoms with Gasteiger partial charge in [0.2, 0.25) is 0 Å². The molecule has 0 amide bonds. The second-order valence-corrected chi connectivity index (χ2v) is 8.95. The maximum absolute atomic E-state index is 12.6. The zero-order chi connectivity index (χ0) is 21.8. The Bertz CT molecular complexity index is 1160. The van der Waals surface area contributed by atoms with Gasteiger partial charge in [0.05, 0.1) is 16.1 Å². The highest BCUT2D eigenvalue weighted by molar-refractivity contribution is 7.92. The monoisotopic (exact) mass is 437 g/mol. The average Bonchev–Trinajstić information content (AvgIpc) is 2.80. The molecule has 3 aromatic rings. The fraction of sp³-hybridized carbons (Fsp3) is 0.174. The molecule has 0 saturated carbocycles. The number of hydrogen-bond donors (Lipinski definition) is 2. The number of aromatic carboxylic acids is 1. The Labute approximate surface area is 181 Å². The molecule has 0 aliphatic carbocycles. The molecule has 0 spiro atoms. The van der Waals surface area contributed by atoms with Gasteiger partial charge in [0.15, 0.2) is 0 Å². The first-order valence-corrected chi connectivity index (χ1v) is 11.4. The third kappa shape index (κ3) is 4.64. The molecule has 1 fully saturated rings. The second kappa shape index (κ2) is 8.69. The highest BCUT2D eigenvalue weighted by Crippen LogP contribution is 2.27. The van der Waals surface area contributed by atoms with Crippen LogP contribution < -0.4 is 14.5 Å². The largest absolute Gasteiger partial charge is 0.478 e. The summed E-state index contributed by atoms with van der Waals surface area (Å²) in [5, 5.41) is 9.69. The lowest BCUT2D eigenvalue weighted by molar-refractivity contribution is 0.0698. The number of rotatable bonds is 6. The van der Waals surface area contributed by atoms with Crippen molar-refractivity contribution < 1.29 is 18.3 Å². The molecule has 4 rings (SSSR count). The number of sulfonamides is 1. The third-order valence-corrected chi connectivity index (χ3v) is 6.68. The van der Waals surface area contributed by atoms with Gasteiger partial charge in [-0.3, -0.25) is 4.72 Å². The third-order valence-electron chi connectivity index (χ3n) is 5.30. The van der Waals surface area contributed by atoms with Gasteiger partial charge in [-0.25, -0.2) is 13.2 Å². The normalized spacial score (nSPS) is 14.3. The van der Waals surface area contributed by atoms with Gasteiger partial charge in [-0.05, 0) is 42.5 Å². The number of nitrogens with zero attached hydrogens (tertiary/aromatic N) is 2. The number of benzene rings is 3. The number of piperazine rings is 1. The molecule has 1 aliphatic rings. The standard InChI is InChI=1S/C23H23N3O4S/c27-23(28)21-17-19(26-15-13-25(14-16-26)18-7-3-1-4-8-18)11-12-22(21)24-31(29,30)20-9-5-2-6-10-20/h1-12,17,24H,13-16H2,(H,27,28). The van der Waals surface area contributed by atoms with Crippen molar-refractivity contribution in [3.8, 4) is 0 Å². The number of carboxylic acids is 1. The first-order valence-electron chi connectivity index (χ1n) is 9.94. The zero-order valence-corrected chi connectivity index (χ0v) is 17.6. The van der Waals surface area contributed by atoms with Gasteiger partial charge < -0.3 is 14.9 Å². The van der Waals surface area contributed by atoms with Crippen LogP contribution in [0.1, 0.15) is 10.4 Å². The fourth-order valence-electron chi connectivity index (χ4n) is 3.66. The van der Waals surface area contributed by atoms with Gasteiger partial charge in [-0.1, -0.05) is 36.4 Å². The second-order valence-electron chi connectivity index (χ2n) is 7.26. The zero-order valence-electron chi connectivity index (χ0n) is 16.8. The lowest BCUT2D eigenvalue weighted by Gasteiger charge is -2.37. The van der Waals surface area contributed by atoms with Crippen molar-refractivity contribution in [2.45, 2.75) is 4.90 Å². The quantitative estimate of drug-likeness (QED) is 0.613. The summed E-state index contributed by atoms with van der Waals surface area (Å²) in [6, 6.07) is 22.8. The van der Waals surface area contributed by atoms with E-state index < -0.39 is 16.0 Å². The maximum Gasteiger partial charge on any atom is 0.337 e. The number of carboxylic acid groups (broad SMARTS) is 1. The Morgan fingerprint density at radius 2 is 1.32 bits per heavy atom. The summed E-state index contributed by atoms with van der Waals surface area (Å²) >= 11 is 0. The Kier molecular flexibility index (Phi) is 5.81. The van der Waals surface area contributed by atoms with Crippen molar-refractivity contribution in [1.29, 1.82) is 0 Å². The van der Waals surface area contributed by atoms with Crippen LogP contribution in [0, 0.1) is 0 Å². The van der Waals surface area contributed by atoms with Crippen molar-refractivity contribution in [3.05, 3.63) is 84.4 Å². The Balaban J connectivity index is 1.52. The summed E-state index contributed by atoms with van der Waals surface area (Å²) in [5.41, 5.74) is 1.89. The van der Waals surface area contributed by atoms with Crippen LogP contribution in [0.5, 0.6) is 0 Å². The summed E-state index contributed by atoms with van der Waals surface area (Å²) in [7, 11) is -3.88. The van der Waals surface area contributed by atoms with Gasteiger partial charge in [-0.2, -0.15) is 0 Å². The molecular formula is C23H23N3O4S. The van der Waals surface area contributed by atoms with Crippen LogP contribution in [0.3, 0.4) is 0 Å². The molecule has 0 bridgehead atoms. The van der Waals surface area contributed by atoms with Crippen molar-refractivity contribution in [1.82, 2.24) is 0 Å². The molecule has 0 radical (unpaired) electrons. The summed E-state index contributed by atoms with van der Waals surface area (Å²) in [5.74, 6) is -1.18. The van der Waals surface area contributed by atoms with E-state index in [1.54, 1.807) is 24.3 Å². The lowest BCUT2D eigenvalue weighted by Crippen LogP contribution is -2.46. The van der Waals surface area contributed by atoms with E-state index in [0.717, 1.165) is 31.9 Å². The van der Waals surface area contributed by atoms with Crippen LogP contribution in [-0.2, 0) is 10.0 Å². The van der Waals surface area contributed by atoms with Crippen LogP contribution >= 0.6 is 0 Å². The van der Waals surface area contributed by atoms with Gasteiger partial charge in [0, 0.05) is 37.6 Å². The van der Waals surface area contributed by atoms with E-state index in [0.29, 0.717) is 0 Å². The molecule has 0 aromatic heterocycles. The van der Waals surface area contributed by atoms with E-state index >= 15 is 0 Å². The van der Waals surface area contributed by atoms with E-state index in [1.807, 2.05) is 18.2 Å². The van der Waals surface area contributed by atoms with E-state index in [9.17, 15) is 18.3 Å². The predicted molar refractivity (Wildman–Crippen MR) is 122 cm³/mol. The summed E-state index contributed by atoms with van der Waals surface area (Å²) < 4.78 is 27.6. The highest BCUT2D eigenvalue weighted by Gasteiger charge is 2.22. The smallest absolute Gasteiger partial charge is 0.337 e. The van der Waals surface area contributed by atoms with Crippen molar-refractivity contribution in [2.24, 2.45) is 0 Å². The molecule has 1 heterocycles.